The first-order chi connectivity index (χ1) is 14.9. The Morgan fingerprint density at radius 3 is 2.58 bits per heavy atom. The van der Waals surface area contributed by atoms with Gasteiger partial charge in [-0.3, -0.25) is 9.59 Å². The number of carbonyl (C=O) groups excluding carboxylic acids is 2. The lowest BCUT2D eigenvalue weighted by Gasteiger charge is -2.40. The fraction of sp³-hybridized carbons (Fsp3) is 0.500. The zero-order valence-corrected chi connectivity index (χ0v) is 20.1. The lowest BCUT2D eigenvalue weighted by Crippen LogP contribution is -2.48. The Hall–Kier alpha value is -1.86. The quantitative estimate of drug-likeness (QED) is 0.562. The third-order valence-corrected chi connectivity index (χ3v) is 7.84. The fourth-order valence-corrected chi connectivity index (χ4v) is 5.55. The summed E-state index contributed by atoms with van der Waals surface area (Å²) in [7, 11) is 1.85. The molecule has 2 aromatic rings. The largest absolute Gasteiger partial charge is 0.342 e. The molecule has 1 aromatic heterocycles. The molecular weight excluding hydrogens is 431 g/mol. The first-order valence-electron chi connectivity index (χ1n) is 10.7. The number of rotatable bonds is 8. The predicted octanol–water partition coefficient (Wildman–Crippen LogP) is 4.87. The van der Waals surface area contributed by atoms with Crippen LogP contribution in [-0.4, -0.2) is 59.8 Å². The topological polar surface area (TPSA) is 40.6 Å². The maximum atomic E-state index is 14.4. The highest BCUT2D eigenvalue weighted by Crippen LogP contribution is 2.29. The molecular formula is C24H31FN2O2S2. The molecule has 0 bridgehead atoms. The molecule has 168 valence electrons. The van der Waals surface area contributed by atoms with Gasteiger partial charge in [0.1, 0.15) is 5.82 Å². The third kappa shape index (κ3) is 5.89. The van der Waals surface area contributed by atoms with Crippen LogP contribution in [-0.2, 0) is 11.2 Å². The van der Waals surface area contributed by atoms with Gasteiger partial charge >= 0.3 is 0 Å². The van der Waals surface area contributed by atoms with Gasteiger partial charge in [0.05, 0.1) is 4.88 Å². The van der Waals surface area contributed by atoms with E-state index < -0.39 is 0 Å². The van der Waals surface area contributed by atoms with Crippen LogP contribution in [0, 0.1) is 18.7 Å². The number of hydrogen-bond donors (Lipinski definition) is 0. The molecule has 7 heteroatoms. The van der Waals surface area contributed by atoms with Gasteiger partial charge in [-0.15, -0.1) is 11.3 Å². The van der Waals surface area contributed by atoms with E-state index in [1.807, 2.05) is 47.5 Å². The van der Waals surface area contributed by atoms with Crippen molar-refractivity contribution in [2.75, 3.05) is 32.1 Å². The Labute approximate surface area is 192 Å². The van der Waals surface area contributed by atoms with Gasteiger partial charge in [-0.2, -0.15) is 11.8 Å². The van der Waals surface area contributed by atoms with Crippen LogP contribution in [0.2, 0.25) is 0 Å². The van der Waals surface area contributed by atoms with Crippen molar-refractivity contribution in [3.05, 3.63) is 57.5 Å². The van der Waals surface area contributed by atoms with E-state index in [9.17, 15) is 14.0 Å². The molecule has 3 rings (SSSR count). The molecule has 0 aliphatic carbocycles. The van der Waals surface area contributed by atoms with E-state index in [1.54, 1.807) is 23.9 Å². The minimum Gasteiger partial charge on any atom is -0.342 e. The second kappa shape index (κ2) is 11.1. The number of likely N-dealkylation sites (N-methyl/N-ethyl adjacent to an activating group) is 1. The zero-order valence-electron chi connectivity index (χ0n) is 18.5. The lowest BCUT2D eigenvalue weighted by atomic mass is 9.84. The van der Waals surface area contributed by atoms with Crippen molar-refractivity contribution in [1.29, 1.82) is 0 Å². The van der Waals surface area contributed by atoms with Crippen molar-refractivity contribution in [1.82, 2.24) is 9.80 Å². The van der Waals surface area contributed by atoms with Crippen molar-refractivity contribution in [3.8, 4) is 0 Å². The number of thioether (sulfide) groups is 1. The Morgan fingerprint density at radius 1 is 1.26 bits per heavy atom. The predicted molar refractivity (Wildman–Crippen MR) is 127 cm³/mol. The smallest absolute Gasteiger partial charge is 0.264 e. The van der Waals surface area contributed by atoms with Gasteiger partial charge in [0.15, 0.2) is 0 Å². The van der Waals surface area contributed by atoms with Gasteiger partial charge in [-0.1, -0.05) is 18.2 Å². The van der Waals surface area contributed by atoms with Gasteiger partial charge in [-0.05, 0) is 67.0 Å². The van der Waals surface area contributed by atoms with E-state index in [1.165, 1.54) is 17.4 Å². The minimum atomic E-state index is -0.224. The van der Waals surface area contributed by atoms with Crippen LogP contribution in [0.25, 0.3) is 0 Å². The molecule has 2 heterocycles. The highest BCUT2D eigenvalue weighted by Gasteiger charge is 2.33. The fourth-order valence-electron chi connectivity index (χ4n) is 4.28. The van der Waals surface area contributed by atoms with Gasteiger partial charge < -0.3 is 9.80 Å². The summed E-state index contributed by atoms with van der Waals surface area (Å²) in [6.45, 7) is 3.30. The highest BCUT2D eigenvalue weighted by molar-refractivity contribution is 7.98. The molecule has 1 aliphatic heterocycles. The molecule has 1 atom stereocenters. The molecule has 0 unspecified atom stereocenters. The van der Waals surface area contributed by atoms with E-state index in [0.29, 0.717) is 31.5 Å². The van der Waals surface area contributed by atoms with Crippen LogP contribution in [0.1, 0.15) is 40.1 Å². The third-order valence-electron chi connectivity index (χ3n) is 6.23. The van der Waals surface area contributed by atoms with Crippen molar-refractivity contribution in [2.24, 2.45) is 5.92 Å². The normalized spacial score (nSPS) is 15.7. The standard InChI is InChI=1S/C24H31FN2O2S2/c1-17-10-15-31-23(17)24(29)27-12-8-18(9-13-27)21(26(2)22(28)11-14-30-3)16-19-6-4-5-7-20(19)25/h4-7,10,15,18,21H,8-9,11-14,16H2,1-3H3/t21-/m1/s1. The molecule has 0 N–H and O–H groups in total. The minimum absolute atomic E-state index is 0.0769. The molecule has 0 spiro atoms. The Bertz CT molecular complexity index is 893. The first kappa shape index (κ1) is 23.8. The van der Waals surface area contributed by atoms with Crippen molar-refractivity contribution in [3.63, 3.8) is 0 Å². The van der Waals surface area contributed by atoms with Crippen LogP contribution in [0.15, 0.2) is 35.7 Å². The molecule has 4 nitrogen and oxygen atoms in total. The number of piperidine rings is 1. The van der Waals surface area contributed by atoms with Crippen LogP contribution in [0.3, 0.4) is 0 Å². The van der Waals surface area contributed by atoms with Crippen LogP contribution in [0.5, 0.6) is 0 Å². The summed E-state index contributed by atoms with van der Waals surface area (Å²) in [5.74, 6) is 0.988. The molecule has 31 heavy (non-hydrogen) atoms. The summed E-state index contributed by atoms with van der Waals surface area (Å²) in [6.07, 6.45) is 4.61. The van der Waals surface area contributed by atoms with Crippen molar-refractivity contribution >= 4 is 34.9 Å². The van der Waals surface area contributed by atoms with Crippen LogP contribution in [0.4, 0.5) is 4.39 Å². The highest BCUT2D eigenvalue weighted by atomic mass is 32.2. The van der Waals surface area contributed by atoms with Gasteiger partial charge in [0.2, 0.25) is 5.91 Å². The number of thiophene rings is 1. The second-order valence-corrected chi connectivity index (χ2v) is 10.1. The van der Waals surface area contributed by atoms with E-state index >= 15 is 0 Å². The van der Waals surface area contributed by atoms with E-state index in [-0.39, 0.29) is 29.6 Å². The first-order valence-corrected chi connectivity index (χ1v) is 13.0. The van der Waals surface area contributed by atoms with Crippen molar-refractivity contribution < 1.29 is 14.0 Å². The molecule has 0 radical (unpaired) electrons. The molecule has 1 saturated heterocycles. The number of aryl methyl sites for hydroxylation is 1. The summed E-state index contributed by atoms with van der Waals surface area (Å²) < 4.78 is 14.4. The van der Waals surface area contributed by atoms with E-state index in [4.69, 9.17) is 0 Å². The Balaban J connectivity index is 1.72. The summed E-state index contributed by atoms with van der Waals surface area (Å²) in [5, 5.41) is 1.95. The number of amides is 2. The number of nitrogens with zero attached hydrogens (tertiary/aromatic N) is 2. The summed E-state index contributed by atoms with van der Waals surface area (Å²) in [5.41, 5.74) is 1.67. The van der Waals surface area contributed by atoms with Gasteiger partial charge in [0, 0.05) is 38.4 Å². The molecule has 1 aromatic carbocycles. The summed E-state index contributed by atoms with van der Waals surface area (Å²) >= 11 is 3.14. The monoisotopic (exact) mass is 462 g/mol. The maximum Gasteiger partial charge on any atom is 0.264 e. The number of benzene rings is 1. The molecule has 0 saturated carbocycles. The number of halogens is 1. The number of hydrogen-bond acceptors (Lipinski definition) is 4. The van der Waals surface area contributed by atoms with E-state index in [2.05, 4.69) is 0 Å². The summed E-state index contributed by atoms with van der Waals surface area (Å²) in [6, 6.07) is 8.72. The Morgan fingerprint density at radius 2 is 1.97 bits per heavy atom. The zero-order chi connectivity index (χ0) is 22.4. The summed E-state index contributed by atoms with van der Waals surface area (Å²) in [4.78, 5) is 30.2. The van der Waals surface area contributed by atoms with Crippen LogP contribution < -0.4 is 0 Å². The SMILES string of the molecule is CSCCC(=O)N(C)[C@H](Cc1ccccc1F)C1CCN(C(=O)c2sccc2C)CC1. The van der Waals surface area contributed by atoms with E-state index in [0.717, 1.165) is 29.0 Å². The Kier molecular flexibility index (Phi) is 8.55. The molecule has 1 aliphatic rings. The maximum absolute atomic E-state index is 14.4. The average molecular weight is 463 g/mol. The van der Waals surface area contributed by atoms with Gasteiger partial charge in [0.25, 0.3) is 5.91 Å². The van der Waals surface area contributed by atoms with Gasteiger partial charge in [-0.25, -0.2) is 4.39 Å². The second-order valence-electron chi connectivity index (χ2n) is 8.17. The van der Waals surface area contributed by atoms with Crippen LogP contribution >= 0.6 is 23.1 Å². The number of carbonyl (C=O) groups is 2. The molecule has 2 amide bonds. The average Bonchev–Trinajstić information content (AvgIpc) is 3.22. The van der Waals surface area contributed by atoms with Crippen molar-refractivity contribution in [2.45, 2.75) is 38.6 Å². The lowest BCUT2D eigenvalue weighted by molar-refractivity contribution is -0.133. The molecule has 1 fully saturated rings. The number of likely N-dealkylation sites (tertiary alicyclic amines) is 1.